The van der Waals surface area contributed by atoms with E-state index in [0.29, 0.717) is 31.0 Å². The molecule has 1 N–H and O–H groups in total. The molecule has 1 atom stereocenters. The lowest BCUT2D eigenvalue weighted by Gasteiger charge is -2.26. The molecule has 5 heteroatoms. The van der Waals surface area contributed by atoms with Crippen LogP contribution >= 0.6 is 0 Å². The highest BCUT2D eigenvalue weighted by atomic mass is 16.5. The first-order chi connectivity index (χ1) is 10.1. The summed E-state index contributed by atoms with van der Waals surface area (Å²) in [4.78, 5) is 33.3. The van der Waals surface area contributed by atoms with Crippen LogP contribution in [0.5, 0.6) is 0 Å². The van der Waals surface area contributed by atoms with Crippen molar-refractivity contribution in [2.45, 2.75) is 31.8 Å². The number of carbonyl (C=O) groups is 3. The summed E-state index contributed by atoms with van der Waals surface area (Å²) in [7, 11) is 0. The molecule has 1 aromatic rings. The molecule has 5 nitrogen and oxygen atoms in total. The van der Waals surface area contributed by atoms with Crippen molar-refractivity contribution < 1.29 is 24.2 Å². The first-order valence-corrected chi connectivity index (χ1v) is 6.94. The monoisotopic (exact) mass is 292 g/mol. The van der Waals surface area contributed by atoms with Crippen LogP contribution in [0.2, 0.25) is 0 Å². The lowest BCUT2D eigenvalue weighted by Crippen LogP contribution is -2.37. The summed E-state index contributed by atoms with van der Waals surface area (Å²) in [6, 6.07) is 8.52. The largest absolute Gasteiger partial charge is 0.464 e. The number of hydrogen-bond acceptors (Lipinski definition) is 5. The molecule has 0 amide bonds. The van der Waals surface area contributed by atoms with Crippen LogP contribution in [0, 0.1) is 5.92 Å². The Labute approximate surface area is 123 Å². The van der Waals surface area contributed by atoms with Gasteiger partial charge in [-0.1, -0.05) is 30.3 Å². The molecular formula is C16H20O5. The van der Waals surface area contributed by atoms with Gasteiger partial charge in [0.2, 0.25) is 0 Å². The third-order valence-electron chi connectivity index (χ3n) is 3.29. The van der Waals surface area contributed by atoms with Gasteiger partial charge in [-0.3, -0.25) is 0 Å². The fourth-order valence-corrected chi connectivity index (χ4v) is 2.09. The fourth-order valence-electron chi connectivity index (χ4n) is 2.09. The lowest BCUT2D eigenvalue weighted by atomic mass is 9.87. The Morgan fingerprint density at radius 1 is 1.29 bits per heavy atom. The Kier molecular flexibility index (Phi) is 6.75. The molecule has 0 aliphatic rings. The molecular weight excluding hydrogens is 272 g/mol. The van der Waals surface area contributed by atoms with Gasteiger partial charge in [0.15, 0.2) is 5.60 Å². The second-order valence-electron chi connectivity index (χ2n) is 4.78. The smallest absolute Gasteiger partial charge is 0.342 e. The summed E-state index contributed by atoms with van der Waals surface area (Å²) < 4.78 is 4.94. The second kappa shape index (κ2) is 8.32. The minimum absolute atomic E-state index is 0.0913. The van der Waals surface area contributed by atoms with Gasteiger partial charge in [-0.15, -0.1) is 0 Å². The van der Waals surface area contributed by atoms with Crippen molar-refractivity contribution >= 4 is 18.5 Å². The lowest BCUT2D eigenvalue weighted by molar-refractivity contribution is -0.167. The van der Waals surface area contributed by atoms with Crippen LogP contribution in [0.25, 0.3) is 0 Å². The number of carbonyl (C=O) groups excluding carboxylic acids is 3. The number of aliphatic hydroxyl groups is 1. The van der Waals surface area contributed by atoms with Gasteiger partial charge in [-0.2, -0.15) is 0 Å². The Bertz CT molecular complexity index is 463. The maximum atomic E-state index is 12.1. The third-order valence-corrected chi connectivity index (χ3v) is 3.29. The average molecular weight is 292 g/mol. The van der Waals surface area contributed by atoms with Gasteiger partial charge in [0, 0.05) is 0 Å². The highest BCUT2D eigenvalue weighted by molar-refractivity contribution is 5.81. The van der Waals surface area contributed by atoms with Crippen LogP contribution < -0.4 is 0 Å². The summed E-state index contributed by atoms with van der Waals surface area (Å²) >= 11 is 0. The van der Waals surface area contributed by atoms with E-state index < -0.39 is 17.5 Å². The maximum absolute atomic E-state index is 12.1. The van der Waals surface area contributed by atoms with Crippen molar-refractivity contribution in [1.82, 2.24) is 0 Å². The number of aldehydes is 2. The minimum atomic E-state index is -1.76. The quantitative estimate of drug-likeness (QED) is 0.425. The Balaban J connectivity index is 2.85. The fraction of sp³-hybridized carbons (Fsp3) is 0.438. The zero-order valence-corrected chi connectivity index (χ0v) is 12.0. The summed E-state index contributed by atoms with van der Waals surface area (Å²) in [5.74, 6) is -1.42. The van der Waals surface area contributed by atoms with E-state index in [1.54, 1.807) is 37.3 Å². The van der Waals surface area contributed by atoms with Crippen molar-refractivity contribution in [1.29, 1.82) is 0 Å². The minimum Gasteiger partial charge on any atom is -0.464 e. The topological polar surface area (TPSA) is 80.7 Å². The van der Waals surface area contributed by atoms with Gasteiger partial charge in [-0.25, -0.2) is 4.79 Å². The summed E-state index contributed by atoms with van der Waals surface area (Å²) in [6.07, 6.45) is 1.87. The molecule has 0 spiro atoms. The van der Waals surface area contributed by atoms with Crippen molar-refractivity contribution in [3.8, 4) is 0 Å². The summed E-state index contributed by atoms with van der Waals surface area (Å²) in [6.45, 7) is 1.83. The third kappa shape index (κ3) is 4.49. The highest BCUT2D eigenvalue weighted by Gasteiger charge is 2.38. The average Bonchev–Trinajstić information content (AvgIpc) is 2.52. The Morgan fingerprint density at radius 2 is 1.90 bits per heavy atom. The molecule has 0 heterocycles. The number of esters is 1. The van der Waals surface area contributed by atoms with Crippen LogP contribution in [0.3, 0.4) is 0 Å². The molecule has 0 fully saturated rings. The van der Waals surface area contributed by atoms with Crippen molar-refractivity contribution in [3.05, 3.63) is 35.9 Å². The van der Waals surface area contributed by atoms with E-state index in [2.05, 4.69) is 0 Å². The maximum Gasteiger partial charge on any atom is 0.342 e. The van der Waals surface area contributed by atoms with E-state index in [1.165, 1.54) is 0 Å². The van der Waals surface area contributed by atoms with E-state index in [0.717, 1.165) is 0 Å². The SMILES string of the molecule is CCOC(=O)C(O)(CCCC(C=O)C=O)c1ccccc1. The Morgan fingerprint density at radius 3 is 2.43 bits per heavy atom. The molecule has 0 radical (unpaired) electrons. The first-order valence-electron chi connectivity index (χ1n) is 6.94. The number of hydrogen-bond donors (Lipinski definition) is 1. The van der Waals surface area contributed by atoms with Gasteiger partial charge in [0.05, 0.1) is 12.5 Å². The Hall–Kier alpha value is -2.01. The summed E-state index contributed by atoms with van der Waals surface area (Å²) in [5.41, 5.74) is -1.31. The van der Waals surface area contributed by atoms with E-state index in [-0.39, 0.29) is 13.0 Å². The van der Waals surface area contributed by atoms with E-state index >= 15 is 0 Å². The van der Waals surface area contributed by atoms with Crippen LogP contribution in [0.4, 0.5) is 0 Å². The molecule has 0 aliphatic carbocycles. The zero-order chi connectivity index (χ0) is 15.7. The van der Waals surface area contributed by atoms with E-state index in [9.17, 15) is 19.5 Å². The van der Waals surface area contributed by atoms with Gasteiger partial charge < -0.3 is 19.4 Å². The molecule has 0 bridgehead atoms. The van der Waals surface area contributed by atoms with E-state index in [4.69, 9.17) is 4.74 Å². The van der Waals surface area contributed by atoms with Crippen LogP contribution in [-0.2, 0) is 24.7 Å². The van der Waals surface area contributed by atoms with Crippen LogP contribution in [-0.4, -0.2) is 30.3 Å². The van der Waals surface area contributed by atoms with Crippen LogP contribution in [0.15, 0.2) is 30.3 Å². The van der Waals surface area contributed by atoms with Crippen molar-refractivity contribution in [2.75, 3.05) is 6.61 Å². The van der Waals surface area contributed by atoms with Gasteiger partial charge in [0.1, 0.15) is 12.6 Å². The molecule has 1 aromatic carbocycles. The van der Waals surface area contributed by atoms with Crippen molar-refractivity contribution in [2.24, 2.45) is 5.92 Å². The predicted molar refractivity (Wildman–Crippen MR) is 76.4 cm³/mol. The number of ether oxygens (including phenoxy) is 1. The molecule has 1 rings (SSSR count). The molecule has 114 valence electrons. The first kappa shape index (κ1) is 17.0. The highest BCUT2D eigenvalue weighted by Crippen LogP contribution is 2.29. The normalized spacial score (nSPS) is 13.5. The number of rotatable bonds is 9. The van der Waals surface area contributed by atoms with Gasteiger partial charge in [0.25, 0.3) is 0 Å². The predicted octanol–water partition coefficient (Wildman–Crippen LogP) is 1.62. The van der Waals surface area contributed by atoms with Crippen molar-refractivity contribution in [3.63, 3.8) is 0 Å². The molecule has 0 aromatic heterocycles. The molecule has 0 aliphatic heterocycles. The van der Waals surface area contributed by atoms with Crippen LogP contribution in [0.1, 0.15) is 31.7 Å². The molecule has 21 heavy (non-hydrogen) atoms. The molecule has 0 saturated carbocycles. The van der Waals surface area contributed by atoms with E-state index in [1.807, 2.05) is 0 Å². The van der Waals surface area contributed by atoms with Gasteiger partial charge in [-0.05, 0) is 31.7 Å². The second-order valence-corrected chi connectivity index (χ2v) is 4.78. The van der Waals surface area contributed by atoms with Gasteiger partial charge >= 0.3 is 5.97 Å². The molecule has 1 unspecified atom stereocenters. The molecule has 0 saturated heterocycles. The summed E-state index contributed by atoms with van der Waals surface area (Å²) in [5, 5.41) is 10.7. The standard InChI is InChI=1S/C16H20O5/c1-2-21-15(19)16(20,14-8-4-3-5-9-14)10-6-7-13(11-17)12-18/h3-5,8-9,11-13,20H,2,6-7,10H2,1H3. The number of benzene rings is 1. The zero-order valence-electron chi connectivity index (χ0n) is 12.0.